The Balaban J connectivity index is 1.17. The monoisotopic (exact) mass is 552 g/mol. The van der Waals surface area contributed by atoms with Crippen LogP contribution in [0, 0.1) is 18.8 Å². The second kappa shape index (κ2) is 11.2. The summed E-state index contributed by atoms with van der Waals surface area (Å²) in [6.45, 7) is 7.02. The molecule has 2 fully saturated rings. The Morgan fingerprint density at radius 3 is 2.46 bits per heavy atom. The maximum atomic E-state index is 13.6. The van der Waals surface area contributed by atoms with Gasteiger partial charge in [0, 0.05) is 24.9 Å². The SMILES string of the molecule is COC(=O)C[C@H](C(=O)N1CCC[C@H]1C1=NC=C(c2ccc(-c3ccc(C)c4c3C3(CCCC3)CC4)cc2)C1)C(C)C. The van der Waals surface area contributed by atoms with E-state index in [0.29, 0.717) is 5.41 Å². The van der Waals surface area contributed by atoms with E-state index in [9.17, 15) is 9.59 Å². The van der Waals surface area contributed by atoms with Crippen LogP contribution in [-0.4, -0.2) is 42.2 Å². The van der Waals surface area contributed by atoms with Gasteiger partial charge in [-0.1, -0.05) is 63.1 Å². The lowest BCUT2D eigenvalue weighted by molar-refractivity contribution is -0.148. The van der Waals surface area contributed by atoms with Gasteiger partial charge in [0.15, 0.2) is 0 Å². The molecule has 2 aromatic carbocycles. The molecule has 216 valence electrons. The van der Waals surface area contributed by atoms with Crippen LogP contribution in [0.4, 0.5) is 0 Å². The maximum Gasteiger partial charge on any atom is 0.306 e. The first-order chi connectivity index (χ1) is 19.8. The minimum Gasteiger partial charge on any atom is -0.469 e. The third kappa shape index (κ3) is 5.06. The Bertz CT molecular complexity index is 1390. The number of aliphatic imine (C=N–C) groups is 1. The predicted molar refractivity (Wildman–Crippen MR) is 165 cm³/mol. The van der Waals surface area contributed by atoms with Crippen LogP contribution in [0.1, 0.15) is 93.9 Å². The first-order valence-corrected chi connectivity index (χ1v) is 15.7. The molecule has 4 aliphatic rings. The zero-order valence-electron chi connectivity index (χ0n) is 25.2. The number of rotatable bonds is 7. The number of methoxy groups -OCH3 is 1. The Labute approximate surface area is 245 Å². The zero-order chi connectivity index (χ0) is 28.7. The topological polar surface area (TPSA) is 59.0 Å². The van der Waals surface area contributed by atoms with Crippen molar-refractivity contribution in [3.63, 3.8) is 0 Å². The summed E-state index contributed by atoms with van der Waals surface area (Å²) in [5, 5.41) is 0. The van der Waals surface area contributed by atoms with E-state index in [0.717, 1.165) is 31.5 Å². The molecule has 1 amide bonds. The largest absolute Gasteiger partial charge is 0.469 e. The highest BCUT2D eigenvalue weighted by Crippen LogP contribution is 2.54. The molecule has 5 nitrogen and oxygen atoms in total. The number of carbonyl (C=O) groups is 2. The third-order valence-corrected chi connectivity index (χ3v) is 10.5. The summed E-state index contributed by atoms with van der Waals surface area (Å²) >= 11 is 0. The standard InChI is InChI=1S/C36H44N2O3/c1-23(2)30(21-33(39)41-4)35(40)38-19-7-8-32(38)31-20-27(22-37-31)25-10-12-26(13-11-25)29-14-9-24(3)28-15-18-36(34(28)29)16-5-6-17-36/h9-14,22-23,30,32H,5-8,15-21H2,1-4H3/t30-,32-/m0/s1. The van der Waals surface area contributed by atoms with Crippen molar-refractivity contribution in [1.82, 2.24) is 4.90 Å². The van der Waals surface area contributed by atoms with Gasteiger partial charge in [-0.2, -0.15) is 0 Å². The fourth-order valence-electron chi connectivity index (χ4n) is 8.11. The lowest BCUT2D eigenvalue weighted by Gasteiger charge is -2.30. The van der Waals surface area contributed by atoms with Crippen LogP contribution in [0.5, 0.6) is 0 Å². The molecule has 1 spiro atoms. The van der Waals surface area contributed by atoms with Crippen molar-refractivity contribution in [2.45, 2.75) is 96.4 Å². The van der Waals surface area contributed by atoms with Crippen molar-refractivity contribution in [3.05, 3.63) is 64.9 Å². The van der Waals surface area contributed by atoms with Gasteiger partial charge in [-0.15, -0.1) is 0 Å². The Morgan fingerprint density at radius 1 is 1.02 bits per heavy atom. The average Bonchev–Trinajstić information content (AvgIpc) is 3.79. The highest BCUT2D eigenvalue weighted by molar-refractivity contribution is 6.03. The molecule has 2 atom stereocenters. The number of fused-ring (bicyclic) bond motifs is 2. The van der Waals surface area contributed by atoms with Crippen molar-refractivity contribution >= 4 is 23.2 Å². The minimum absolute atomic E-state index is 0.00664. The molecule has 0 aromatic heterocycles. The number of nitrogens with zero attached hydrogens (tertiary/aromatic N) is 2. The summed E-state index contributed by atoms with van der Waals surface area (Å²) in [5.41, 5.74) is 11.3. The molecule has 0 unspecified atom stereocenters. The highest BCUT2D eigenvalue weighted by atomic mass is 16.5. The summed E-state index contributed by atoms with van der Waals surface area (Å²) < 4.78 is 4.88. The lowest BCUT2D eigenvalue weighted by atomic mass is 9.76. The van der Waals surface area contributed by atoms with Gasteiger partial charge in [-0.05, 0) is 95.7 Å². The van der Waals surface area contributed by atoms with Gasteiger partial charge < -0.3 is 9.64 Å². The molecule has 0 radical (unpaired) electrons. The molecule has 5 heteroatoms. The summed E-state index contributed by atoms with van der Waals surface area (Å²) in [7, 11) is 1.38. The molecule has 1 saturated heterocycles. The number of hydrogen-bond donors (Lipinski definition) is 0. The summed E-state index contributed by atoms with van der Waals surface area (Å²) in [6, 6.07) is 13.8. The van der Waals surface area contributed by atoms with Crippen molar-refractivity contribution in [2.24, 2.45) is 16.8 Å². The molecule has 2 aliphatic carbocycles. The third-order valence-electron chi connectivity index (χ3n) is 10.5. The summed E-state index contributed by atoms with van der Waals surface area (Å²) in [4.78, 5) is 32.4. The summed E-state index contributed by atoms with van der Waals surface area (Å²) in [6.07, 6.45) is 12.7. The van der Waals surface area contributed by atoms with E-state index in [1.54, 1.807) is 11.1 Å². The van der Waals surface area contributed by atoms with Crippen LogP contribution in [0.25, 0.3) is 16.7 Å². The van der Waals surface area contributed by atoms with Gasteiger partial charge in [-0.25, -0.2) is 0 Å². The zero-order valence-corrected chi connectivity index (χ0v) is 25.2. The molecular weight excluding hydrogens is 508 g/mol. The molecule has 2 heterocycles. The number of carbonyl (C=O) groups excluding carboxylic acids is 2. The highest BCUT2D eigenvalue weighted by Gasteiger charge is 2.43. The smallest absolute Gasteiger partial charge is 0.306 e. The van der Waals surface area contributed by atoms with E-state index in [2.05, 4.69) is 43.3 Å². The molecule has 1 saturated carbocycles. The minimum atomic E-state index is -0.364. The number of esters is 1. The molecule has 0 bridgehead atoms. The number of amides is 1. The fraction of sp³-hybridized carbons (Fsp3) is 0.528. The Hall–Kier alpha value is -3.21. The lowest BCUT2D eigenvalue weighted by Crippen LogP contribution is -2.45. The second-order valence-electron chi connectivity index (χ2n) is 13.1. The number of allylic oxidation sites excluding steroid dienone is 1. The maximum absolute atomic E-state index is 13.6. The van der Waals surface area contributed by atoms with Gasteiger partial charge in [0.05, 0.1) is 25.5 Å². The van der Waals surface area contributed by atoms with Crippen LogP contribution >= 0.6 is 0 Å². The first-order valence-electron chi connectivity index (χ1n) is 15.7. The number of likely N-dealkylation sites (tertiary alicyclic amines) is 1. The number of benzene rings is 2. The molecule has 0 N–H and O–H groups in total. The van der Waals surface area contributed by atoms with E-state index < -0.39 is 0 Å². The molecular formula is C36H44N2O3. The van der Waals surface area contributed by atoms with Crippen molar-refractivity contribution in [1.29, 1.82) is 0 Å². The van der Waals surface area contributed by atoms with Gasteiger partial charge in [0.2, 0.25) is 5.91 Å². The second-order valence-corrected chi connectivity index (χ2v) is 13.1. The van der Waals surface area contributed by atoms with Crippen molar-refractivity contribution < 1.29 is 14.3 Å². The van der Waals surface area contributed by atoms with E-state index >= 15 is 0 Å². The van der Waals surface area contributed by atoms with E-state index in [-0.39, 0.29) is 36.2 Å². The van der Waals surface area contributed by atoms with E-state index in [4.69, 9.17) is 9.73 Å². The van der Waals surface area contributed by atoms with Crippen LogP contribution in [0.3, 0.4) is 0 Å². The summed E-state index contributed by atoms with van der Waals surface area (Å²) in [5.74, 6) is -0.568. The quantitative estimate of drug-likeness (QED) is 0.336. The molecule has 41 heavy (non-hydrogen) atoms. The van der Waals surface area contributed by atoms with Gasteiger partial charge in [-0.3, -0.25) is 14.6 Å². The van der Waals surface area contributed by atoms with Gasteiger partial charge in [0.25, 0.3) is 0 Å². The van der Waals surface area contributed by atoms with Crippen molar-refractivity contribution in [2.75, 3.05) is 13.7 Å². The Morgan fingerprint density at radius 2 is 1.76 bits per heavy atom. The molecule has 2 aliphatic heterocycles. The van der Waals surface area contributed by atoms with Crippen LogP contribution in [-0.2, 0) is 26.2 Å². The van der Waals surface area contributed by atoms with E-state index in [1.165, 1.54) is 73.5 Å². The first kappa shape index (κ1) is 27.9. The average molecular weight is 553 g/mol. The van der Waals surface area contributed by atoms with Crippen molar-refractivity contribution in [3.8, 4) is 11.1 Å². The molecule has 6 rings (SSSR count). The van der Waals surface area contributed by atoms with Gasteiger partial charge >= 0.3 is 5.97 Å². The fourth-order valence-corrected chi connectivity index (χ4v) is 8.11. The predicted octanol–water partition coefficient (Wildman–Crippen LogP) is 7.43. The Kier molecular flexibility index (Phi) is 7.65. The van der Waals surface area contributed by atoms with E-state index in [1.807, 2.05) is 24.9 Å². The van der Waals surface area contributed by atoms with Crippen LogP contribution in [0.15, 0.2) is 47.6 Å². The molecule has 2 aromatic rings. The van der Waals surface area contributed by atoms with Crippen LogP contribution in [0.2, 0.25) is 0 Å². The van der Waals surface area contributed by atoms with Crippen LogP contribution < -0.4 is 0 Å². The normalized spacial score (nSPS) is 21.8. The van der Waals surface area contributed by atoms with Gasteiger partial charge in [0.1, 0.15) is 0 Å². The number of ether oxygens (including phenoxy) is 1. The number of hydrogen-bond acceptors (Lipinski definition) is 4. The number of aryl methyl sites for hydroxylation is 1.